The minimum atomic E-state index is 0.219. The molecular weight excluding hydrogens is 242 g/mol. The summed E-state index contributed by atoms with van der Waals surface area (Å²) in [6.45, 7) is 8.57. The zero-order valence-electron chi connectivity index (χ0n) is 11.8. The lowest BCUT2D eigenvalue weighted by molar-refractivity contribution is -0.119. The molecule has 1 fully saturated rings. The molecule has 0 spiro atoms. The zero-order valence-corrected chi connectivity index (χ0v) is 11.8. The lowest BCUT2D eigenvalue weighted by Crippen LogP contribution is -2.34. The van der Waals surface area contributed by atoms with Crippen molar-refractivity contribution >= 4 is 5.78 Å². The number of hydrogen-bond acceptors (Lipinski definition) is 5. The molecule has 106 valence electrons. The second-order valence-electron chi connectivity index (χ2n) is 5.31. The van der Waals surface area contributed by atoms with Gasteiger partial charge in [0, 0.05) is 19.1 Å². The molecule has 6 heteroatoms. The molecule has 1 saturated heterocycles. The lowest BCUT2D eigenvalue weighted by atomic mass is 10.2. The fraction of sp³-hybridized carbons (Fsp3) is 0.769. The lowest BCUT2D eigenvalue weighted by Gasteiger charge is -2.18. The Bertz CT molecular complexity index is 407. The molecule has 1 aliphatic heterocycles. The Balaban J connectivity index is 1.88. The Morgan fingerprint density at radius 2 is 2.26 bits per heavy atom. The van der Waals surface area contributed by atoms with E-state index in [1.807, 2.05) is 18.5 Å². The first kappa shape index (κ1) is 14.1. The van der Waals surface area contributed by atoms with E-state index in [1.54, 1.807) is 0 Å². The van der Waals surface area contributed by atoms with Crippen molar-refractivity contribution < 1.29 is 4.79 Å². The highest BCUT2D eigenvalue weighted by molar-refractivity contribution is 5.82. The normalized spacial score (nSPS) is 17.6. The van der Waals surface area contributed by atoms with Gasteiger partial charge in [0.05, 0.1) is 13.0 Å². The molecule has 0 atom stereocenters. The van der Waals surface area contributed by atoms with Crippen LogP contribution in [0.15, 0.2) is 6.33 Å². The minimum Gasteiger partial charge on any atom is -0.315 e. The van der Waals surface area contributed by atoms with Crippen molar-refractivity contribution in [2.45, 2.75) is 32.7 Å². The first-order chi connectivity index (χ1) is 9.16. The van der Waals surface area contributed by atoms with Gasteiger partial charge in [0.15, 0.2) is 5.78 Å². The van der Waals surface area contributed by atoms with E-state index >= 15 is 0 Å². The number of Topliss-reactive ketones (excluding diaryl/α,β-unsaturated/α-hetero) is 1. The van der Waals surface area contributed by atoms with Gasteiger partial charge in [-0.05, 0) is 33.4 Å². The fourth-order valence-corrected chi connectivity index (χ4v) is 2.37. The number of nitrogens with one attached hydrogen (secondary N) is 1. The van der Waals surface area contributed by atoms with Crippen molar-refractivity contribution in [2.75, 3.05) is 32.7 Å². The Hall–Kier alpha value is -1.27. The average molecular weight is 265 g/mol. The third-order valence-corrected chi connectivity index (χ3v) is 3.32. The Morgan fingerprint density at radius 3 is 3.05 bits per heavy atom. The maximum absolute atomic E-state index is 12.1. The third kappa shape index (κ3) is 4.11. The molecular formula is C13H23N5O. The number of aromatic nitrogens is 3. The van der Waals surface area contributed by atoms with Crippen LogP contribution in [0.5, 0.6) is 0 Å². The maximum atomic E-state index is 12.1. The van der Waals surface area contributed by atoms with Gasteiger partial charge in [-0.3, -0.25) is 9.69 Å². The van der Waals surface area contributed by atoms with Crippen molar-refractivity contribution in [3.63, 3.8) is 0 Å². The van der Waals surface area contributed by atoms with Crippen LogP contribution in [0.3, 0.4) is 0 Å². The molecule has 1 aromatic heterocycles. The highest BCUT2D eigenvalue weighted by atomic mass is 16.1. The van der Waals surface area contributed by atoms with E-state index in [1.165, 1.54) is 6.33 Å². The van der Waals surface area contributed by atoms with Crippen molar-refractivity contribution in [2.24, 2.45) is 0 Å². The molecule has 2 heterocycles. The first-order valence-corrected chi connectivity index (χ1v) is 7.00. The second kappa shape index (κ2) is 6.77. The second-order valence-corrected chi connectivity index (χ2v) is 5.31. The van der Waals surface area contributed by atoms with Gasteiger partial charge < -0.3 is 5.32 Å². The molecule has 1 aromatic rings. The van der Waals surface area contributed by atoms with E-state index in [0.717, 1.165) is 38.4 Å². The molecule has 1 N–H and O–H groups in total. The SMILES string of the molecule is CC(C)n1ncnc1CC(=O)CN1CCCNCC1. The summed E-state index contributed by atoms with van der Waals surface area (Å²) >= 11 is 0. The summed E-state index contributed by atoms with van der Waals surface area (Å²) in [5.41, 5.74) is 0. The molecule has 0 radical (unpaired) electrons. The molecule has 1 aliphatic rings. The predicted octanol–water partition coefficient (Wildman–Crippen LogP) is 0.266. The van der Waals surface area contributed by atoms with Gasteiger partial charge in [0.1, 0.15) is 12.2 Å². The minimum absolute atomic E-state index is 0.219. The van der Waals surface area contributed by atoms with Crippen molar-refractivity contribution in [3.8, 4) is 0 Å². The van der Waals surface area contributed by atoms with Crippen LogP contribution in [0.1, 0.15) is 32.1 Å². The number of carbonyl (C=O) groups excluding carboxylic acids is 1. The van der Waals surface area contributed by atoms with E-state index in [0.29, 0.717) is 13.0 Å². The summed E-state index contributed by atoms with van der Waals surface area (Å²) < 4.78 is 1.82. The summed E-state index contributed by atoms with van der Waals surface area (Å²) in [6.07, 6.45) is 3.01. The van der Waals surface area contributed by atoms with E-state index in [4.69, 9.17) is 0 Å². The molecule has 0 aromatic carbocycles. The molecule has 19 heavy (non-hydrogen) atoms. The molecule has 2 rings (SSSR count). The van der Waals surface area contributed by atoms with E-state index in [2.05, 4.69) is 20.3 Å². The van der Waals surface area contributed by atoms with Gasteiger partial charge in [-0.15, -0.1) is 0 Å². The average Bonchev–Trinajstić information content (AvgIpc) is 2.66. The van der Waals surface area contributed by atoms with Crippen LogP contribution in [0.2, 0.25) is 0 Å². The Morgan fingerprint density at radius 1 is 1.42 bits per heavy atom. The summed E-state index contributed by atoms with van der Waals surface area (Å²) in [6, 6.07) is 0.243. The Labute approximate surface area is 114 Å². The largest absolute Gasteiger partial charge is 0.315 e. The molecule has 0 saturated carbocycles. The third-order valence-electron chi connectivity index (χ3n) is 3.32. The van der Waals surface area contributed by atoms with Crippen LogP contribution in [0.4, 0.5) is 0 Å². The van der Waals surface area contributed by atoms with Gasteiger partial charge >= 0.3 is 0 Å². The topological polar surface area (TPSA) is 63.1 Å². The van der Waals surface area contributed by atoms with E-state index < -0.39 is 0 Å². The van der Waals surface area contributed by atoms with Crippen LogP contribution in [0.25, 0.3) is 0 Å². The van der Waals surface area contributed by atoms with E-state index in [9.17, 15) is 4.79 Å². The quantitative estimate of drug-likeness (QED) is 0.828. The smallest absolute Gasteiger partial charge is 0.154 e. The highest BCUT2D eigenvalue weighted by Crippen LogP contribution is 2.06. The summed E-state index contributed by atoms with van der Waals surface area (Å²) in [5.74, 6) is 0.991. The van der Waals surface area contributed by atoms with Crippen LogP contribution < -0.4 is 5.32 Å². The van der Waals surface area contributed by atoms with Crippen LogP contribution in [-0.2, 0) is 11.2 Å². The maximum Gasteiger partial charge on any atom is 0.154 e. The fourth-order valence-electron chi connectivity index (χ4n) is 2.37. The van der Waals surface area contributed by atoms with Gasteiger partial charge in [-0.25, -0.2) is 9.67 Å². The number of ketones is 1. The Kier molecular flexibility index (Phi) is 5.04. The molecule has 0 amide bonds. The van der Waals surface area contributed by atoms with Gasteiger partial charge in [0.2, 0.25) is 0 Å². The van der Waals surface area contributed by atoms with Gasteiger partial charge in [0.25, 0.3) is 0 Å². The van der Waals surface area contributed by atoms with Crippen LogP contribution in [-0.4, -0.2) is 58.2 Å². The summed E-state index contributed by atoms with van der Waals surface area (Å²) in [5, 5.41) is 7.50. The predicted molar refractivity (Wildman–Crippen MR) is 73.0 cm³/mol. The molecule has 0 bridgehead atoms. The molecule has 0 aliphatic carbocycles. The van der Waals surface area contributed by atoms with Crippen molar-refractivity contribution in [3.05, 3.63) is 12.2 Å². The zero-order chi connectivity index (χ0) is 13.7. The number of nitrogens with zero attached hydrogens (tertiary/aromatic N) is 4. The molecule has 0 unspecified atom stereocenters. The number of carbonyl (C=O) groups is 1. The van der Waals surface area contributed by atoms with Crippen molar-refractivity contribution in [1.82, 2.24) is 25.0 Å². The highest BCUT2D eigenvalue weighted by Gasteiger charge is 2.16. The standard InChI is InChI=1S/C13H23N5O/c1-11(2)18-13(15-10-16-18)8-12(19)9-17-6-3-4-14-5-7-17/h10-11,14H,3-9H2,1-2H3. The summed E-state index contributed by atoms with van der Waals surface area (Å²) in [4.78, 5) is 18.5. The number of hydrogen-bond donors (Lipinski definition) is 1. The first-order valence-electron chi connectivity index (χ1n) is 7.00. The van der Waals surface area contributed by atoms with Crippen LogP contribution in [0, 0.1) is 0 Å². The van der Waals surface area contributed by atoms with Crippen molar-refractivity contribution in [1.29, 1.82) is 0 Å². The number of rotatable bonds is 5. The van der Waals surface area contributed by atoms with Gasteiger partial charge in [-0.2, -0.15) is 5.10 Å². The van der Waals surface area contributed by atoms with Gasteiger partial charge in [-0.1, -0.05) is 0 Å². The van der Waals surface area contributed by atoms with E-state index in [-0.39, 0.29) is 11.8 Å². The molecule has 6 nitrogen and oxygen atoms in total. The van der Waals surface area contributed by atoms with Crippen LogP contribution >= 0.6 is 0 Å². The monoisotopic (exact) mass is 265 g/mol. The summed E-state index contributed by atoms with van der Waals surface area (Å²) in [7, 11) is 0.